The summed E-state index contributed by atoms with van der Waals surface area (Å²) in [7, 11) is 0. The number of thiophene rings is 1. The number of anilines is 1. The van der Waals surface area contributed by atoms with Gasteiger partial charge in [-0.25, -0.2) is 0 Å². The first kappa shape index (κ1) is 23.3. The summed E-state index contributed by atoms with van der Waals surface area (Å²) in [5, 5.41) is 3.86. The molecule has 4 heteroatoms. The average molecular weight is 480 g/mol. The standard InChI is InChI=1S/C31H29NO2S/c33-28(26-16-15-23-11-7-8-14-25(23)20-26)17-18-30(34)32-31-21-27(24-12-5-2-6-13-24)29(35-31)19-22-9-3-1-4-10-22/h1-6,9-10,12-13,15-16,20-21H,7-8,11,14,17-19H2,(H,32,34). The number of hydrogen-bond acceptors (Lipinski definition) is 3. The molecule has 0 saturated carbocycles. The lowest BCUT2D eigenvalue weighted by Gasteiger charge is -2.16. The largest absolute Gasteiger partial charge is 0.318 e. The van der Waals surface area contributed by atoms with Crippen LogP contribution in [0.2, 0.25) is 0 Å². The van der Waals surface area contributed by atoms with Gasteiger partial charge in [0.05, 0.1) is 5.00 Å². The summed E-state index contributed by atoms with van der Waals surface area (Å²) in [6, 6.07) is 28.7. The van der Waals surface area contributed by atoms with Gasteiger partial charge in [0, 0.05) is 29.7 Å². The molecule has 1 amide bonds. The van der Waals surface area contributed by atoms with E-state index in [1.165, 1.54) is 34.4 Å². The molecule has 0 saturated heterocycles. The van der Waals surface area contributed by atoms with E-state index >= 15 is 0 Å². The van der Waals surface area contributed by atoms with Gasteiger partial charge < -0.3 is 5.32 Å². The third-order valence-electron chi connectivity index (χ3n) is 6.61. The number of rotatable bonds is 8. The molecule has 1 heterocycles. The Bertz CT molecular complexity index is 1320. The van der Waals surface area contributed by atoms with E-state index in [9.17, 15) is 9.59 Å². The fraction of sp³-hybridized carbons (Fsp3) is 0.226. The smallest absolute Gasteiger partial charge is 0.225 e. The molecule has 0 bridgehead atoms. The number of carbonyl (C=O) groups excluding carboxylic acids is 2. The highest BCUT2D eigenvalue weighted by molar-refractivity contribution is 7.16. The lowest BCUT2D eigenvalue weighted by molar-refractivity contribution is -0.116. The molecular formula is C31H29NO2S. The molecule has 0 unspecified atom stereocenters. The van der Waals surface area contributed by atoms with Crippen molar-refractivity contribution in [2.75, 3.05) is 5.32 Å². The van der Waals surface area contributed by atoms with Gasteiger partial charge in [-0.2, -0.15) is 0 Å². The number of hydrogen-bond donors (Lipinski definition) is 1. The molecule has 0 spiro atoms. The summed E-state index contributed by atoms with van der Waals surface area (Å²) in [5.74, 6) is -0.0853. The number of carbonyl (C=O) groups is 2. The van der Waals surface area contributed by atoms with Crippen molar-refractivity contribution in [3.63, 3.8) is 0 Å². The van der Waals surface area contributed by atoms with Crippen LogP contribution in [0.3, 0.4) is 0 Å². The molecule has 3 nitrogen and oxygen atoms in total. The van der Waals surface area contributed by atoms with E-state index in [4.69, 9.17) is 0 Å². The zero-order valence-electron chi connectivity index (χ0n) is 19.8. The summed E-state index contributed by atoms with van der Waals surface area (Å²) >= 11 is 1.61. The lowest BCUT2D eigenvalue weighted by Crippen LogP contribution is -2.13. The maximum atomic E-state index is 12.8. The topological polar surface area (TPSA) is 46.2 Å². The Labute approximate surface area is 210 Å². The Hall–Kier alpha value is -3.50. The monoisotopic (exact) mass is 479 g/mol. The van der Waals surface area contributed by atoms with Crippen LogP contribution < -0.4 is 5.32 Å². The zero-order chi connectivity index (χ0) is 24.0. The van der Waals surface area contributed by atoms with Crippen molar-refractivity contribution < 1.29 is 9.59 Å². The Balaban J connectivity index is 1.26. The van der Waals surface area contributed by atoms with E-state index in [1.54, 1.807) is 11.3 Å². The van der Waals surface area contributed by atoms with Gasteiger partial charge in [0.2, 0.25) is 5.91 Å². The summed E-state index contributed by atoms with van der Waals surface area (Å²) in [5.41, 5.74) is 6.90. The molecule has 1 aliphatic rings. The van der Waals surface area contributed by atoms with Crippen LogP contribution in [0.5, 0.6) is 0 Å². The van der Waals surface area contributed by atoms with Crippen molar-refractivity contribution >= 4 is 28.0 Å². The van der Waals surface area contributed by atoms with Gasteiger partial charge in [0.1, 0.15) is 0 Å². The zero-order valence-corrected chi connectivity index (χ0v) is 20.6. The lowest BCUT2D eigenvalue weighted by atomic mass is 9.89. The molecule has 0 atom stereocenters. The predicted molar refractivity (Wildman–Crippen MR) is 144 cm³/mol. The molecule has 4 aromatic rings. The third kappa shape index (κ3) is 5.77. The number of nitrogens with one attached hydrogen (secondary N) is 1. The molecule has 0 radical (unpaired) electrons. The predicted octanol–water partition coefficient (Wildman–Crippen LogP) is 7.49. The van der Waals surface area contributed by atoms with Crippen molar-refractivity contribution in [2.24, 2.45) is 0 Å². The molecule has 5 rings (SSSR count). The van der Waals surface area contributed by atoms with Gasteiger partial charge >= 0.3 is 0 Å². The van der Waals surface area contributed by atoms with Crippen LogP contribution in [-0.2, 0) is 24.1 Å². The second-order valence-corrected chi connectivity index (χ2v) is 10.3. The van der Waals surface area contributed by atoms with Crippen LogP contribution in [0.25, 0.3) is 11.1 Å². The highest BCUT2D eigenvalue weighted by Crippen LogP contribution is 2.36. The van der Waals surface area contributed by atoms with Gasteiger partial charge in [-0.3, -0.25) is 9.59 Å². The summed E-state index contributed by atoms with van der Waals surface area (Å²) < 4.78 is 0. The molecule has 0 aliphatic heterocycles. The second-order valence-electron chi connectivity index (χ2n) is 9.14. The quantitative estimate of drug-likeness (QED) is 0.266. The minimum atomic E-state index is -0.122. The third-order valence-corrected chi connectivity index (χ3v) is 7.66. The molecular weight excluding hydrogens is 450 g/mol. The van der Waals surface area contributed by atoms with Crippen molar-refractivity contribution in [2.45, 2.75) is 44.9 Å². The first-order valence-electron chi connectivity index (χ1n) is 12.3. The Morgan fingerprint density at radius 1 is 0.771 bits per heavy atom. The van der Waals surface area contributed by atoms with Crippen molar-refractivity contribution in [3.05, 3.63) is 112 Å². The number of amides is 1. The first-order chi connectivity index (χ1) is 17.2. The maximum Gasteiger partial charge on any atom is 0.225 e. The molecule has 1 N–H and O–H groups in total. The van der Waals surface area contributed by atoms with Crippen LogP contribution in [0.15, 0.2) is 84.9 Å². The minimum absolute atomic E-state index is 0.0365. The van der Waals surface area contributed by atoms with Gasteiger partial charge in [-0.1, -0.05) is 72.8 Å². The molecule has 3 aromatic carbocycles. The highest BCUT2D eigenvalue weighted by Gasteiger charge is 2.16. The highest BCUT2D eigenvalue weighted by atomic mass is 32.1. The fourth-order valence-corrected chi connectivity index (χ4v) is 5.88. The summed E-state index contributed by atoms with van der Waals surface area (Å²) in [4.78, 5) is 26.7. The Morgan fingerprint density at radius 3 is 2.26 bits per heavy atom. The van der Waals surface area contributed by atoms with E-state index in [1.807, 2.05) is 48.5 Å². The van der Waals surface area contributed by atoms with E-state index in [-0.39, 0.29) is 24.5 Å². The normalized spacial score (nSPS) is 12.7. The van der Waals surface area contributed by atoms with Crippen LogP contribution in [0, 0.1) is 0 Å². The second kappa shape index (κ2) is 10.8. The Morgan fingerprint density at radius 2 is 1.49 bits per heavy atom. The van der Waals surface area contributed by atoms with Gasteiger partial charge in [0.15, 0.2) is 5.78 Å². The van der Waals surface area contributed by atoms with Crippen LogP contribution in [0.1, 0.15) is 57.6 Å². The van der Waals surface area contributed by atoms with Gasteiger partial charge in [-0.15, -0.1) is 11.3 Å². The van der Waals surface area contributed by atoms with Crippen molar-refractivity contribution in [3.8, 4) is 11.1 Å². The number of benzene rings is 3. The number of ketones is 1. The van der Waals surface area contributed by atoms with Gasteiger partial charge in [-0.05, 0) is 65.6 Å². The minimum Gasteiger partial charge on any atom is -0.318 e. The SMILES string of the molecule is O=C(CCC(=O)c1ccc2c(c1)CCCC2)Nc1cc(-c2ccccc2)c(Cc2ccccc2)s1. The van der Waals surface area contributed by atoms with E-state index in [0.717, 1.165) is 41.0 Å². The van der Waals surface area contributed by atoms with Crippen molar-refractivity contribution in [1.29, 1.82) is 0 Å². The molecule has 1 aromatic heterocycles. The number of Topliss-reactive ketones (excluding diaryl/α,β-unsaturated/α-hetero) is 1. The molecule has 0 fully saturated rings. The molecule has 35 heavy (non-hydrogen) atoms. The summed E-state index contributed by atoms with van der Waals surface area (Å²) in [6.07, 6.45) is 5.77. The van der Waals surface area contributed by atoms with E-state index in [0.29, 0.717) is 0 Å². The van der Waals surface area contributed by atoms with E-state index in [2.05, 4.69) is 41.7 Å². The molecule has 1 aliphatic carbocycles. The maximum absolute atomic E-state index is 12.8. The fourth-order valence-electron chi connectivity index (χ4n) is 4.74. The van der Waals surface area contributed by atoms with Crippen LogP contribution in [0.4, 0.5) is 5.00 Å². The van der Waals surface area contributed by atoms with Crippen LogP contribution in [-0.4, -0.2) is 11.7 Å². The Kier molecular flexibility index (Phi) is 7.20. The summed E-state index contributed by atoms with van der Waals surface area (Å²) in [6.45, 7) is 0. The first-order valence-corrected chi connectivity index (χ1v) is 13.1. The van der Waals surface area contributed by atoms with Crippen LogP contribution >= 0.6 is 11.3 Å². The van der Waals surface area contributed by atoms with Crippen molar-refractivity contribution in [1.82, 2.24) is 0 Å². The average Bonchev–Trinajstić information content (AvgIpc) is 3.29. The van der Waals surface area contributed by atoms with Gasteiger partial charge in [0.25, 0.3) is 0 Å². The van der Waals surface area contributed by atoms with E-state index < -0.39 is 0 Å². The molecule has 176 valence electrons. The number of aryl methyl sites for hydroxylation is 2. The number of fused-ring (bicyclic) bond motifs is 1.